The Labute approximate surface area is 165 Å². The summed E-state index contributed by atoms with van der Waals surface area (Å²) in [5.74, 6) is 0.362. The van der Waals surface area contributed by atoms with Crippen LogP contribution in [0.25, 0.3) is 0 Å². The van der Waals surface area contributed by atoms with Crippen molar-refractivity contribution in [3.63, 3.8) is 0 Å². The van der Waals surface area contributed by atoms with Gasteiger partial charge in [-0.1, -0.05) is 41.5 Å². The third kappa shape index (κ3) is 6.26. The van der Waals surface area contributed by atoms with E-state index in [1.165, 1.54) is 0 Å². The number of carbonyl (C=O) groups excluding carboxylic acids is 2. The summed E-state index contributed by atoms with van der Waals surface area (Å²) in [5, 5.41) is 2.96. The van der Waals surface area contributed by atoms with Gasteiger partial charge in [-0.05, 0) is 36.6 Å². The van der Waals surface area contributed by atoms with Crippen molar-refractivity contribution in [3.8, 4) is 0 Å². The summed E-state index contributed by atoms with van der Waals surface area (Å²) >= 11 is 0. The molecule has 152 valence electrons. The van der Waals surface area contributed by atoms with Crippen LogP contribution in [0, 0.1) is 17.8 Å². The third-order valence-corrected chi connectivity index (χ3v) is 4.93. The van der Waals surface area contributed by atoms with E-state index >= 15 is 0 Å². The van der Waals surface area contributed by atoms with Crippen LogP contribution in [0.2, 0.25) is 0 Å². The zero-order valence-corrected chi connectivity index (χ0v) is 18.5. The molecule has 0 unspecified atom stereocenters. The molecule has 27 heavy (non-hydrogen) atoms. The molecule has 0 fully saturated rings. The molecule has 1 rings (SSSR count). The van der Waals surface area contributed by atoms with Crippen LogP contribution in [-0.4, -0.2) is 36.9 Å². The van der Waals surface area contributed by atoms with Gasteiger partial charge >= 0.3 is 0 Å². The maximum atomic E-state index is 12.9. The highest BCUT2D eigenvalue weighted by Crippen LogP contribution is 2.27. The lowest BCUT2D eigenvalue weighted by atomic mass is 10.0. The van der Waals surface area contributed by atoms with E-state index in [4.69, 9.17) is 0 Å². The maximum Gasteiger partial charge on any atom is 0.226 e. The summed E-state index contributed by atoms with van der Waals surface area (Å²) in [4.78, 5) is 28.9. The molecule has 0 saturated heterocycles. The average molecular weight is 376 g/mol. The number of benzene rings is 1. The fraction of sp³-hybridized carbons (Fsp3) is 0.636. The van der Waals surface area contributed by atoms with Crippen molar-refractivity contribution in [3.05, 3.63) is 23.8 Å². The van der Waals surface area contributed by atoms with E-state index in [0.717, 1.165) is 16.9 Å². The van der Waals surface area contributed by atoms with E-state index < -0.39 is 0 Å². The first-order chi connectivity index (χ1) is 12.5. The molecule has 0 radical (unpaired) electrons. The van der Waals surface area contributed by atoms with E-state index in [1.807, 2.05) is 69.8 Å². The molecule has 0 aliphatic carbocycles. The lowest BCUT2D eigenvalue weighted by Crippen LogP contribution is -2.43. The molecule has 0 aliphatic heterocycles. The smallest absolute Gasteiger partial charge is 0.226 e. The van der Waals surface area contributed by atoms with Gasteiger partial charge in [0.2, 0.25) is 11.8 Å². The van der Waals surface area contributed by atoms with Crippen LogP contribution >= 0.6 is 0 Å². The van der Waals surface area contributed by atoms with Crippen LogP contribution in [0.1, 0.15) is 54.0 Å². The Bertz CT molecular complexity index is 651. The quantitative estimate of drug-likeness (QED) is 0.734. The molecule has 0 heterocycles. The first-order valence-electron chi connectivity index (χ1n) is 9.87. The Hall–Kier alpha value is -2.04. The van der Waals surface area contributed by atoms with E-state index in [0.29, 0.717) is 12.5 Å². The second-order valence-electron chi connectivity index (χ2n) is 8.49. The molecular weight excluding hydrogens is 338 g/mol. The van der Waals surface area contributed by atoms with Gasteiger partial charge in [-0.25, -0.2) is 0 Å². The van der Waals surface area contributed by atoms with Crippen LogP contribution in [0.3, 0.4) is 0 Å². The van der Waals surface area contributed by atoms with E-state index in [9.17, 15) is 9.59 Å². The summed E-state index contributed by atoms with van der Waals surface area (Å²) in [6.45, 7) is 14.5. The number of hydrogen-bond acceptors (Lipinski definition) is 3. The molecule has 0 saturated carbocycles. The standard InChI is InChI=1S/C22H37N3O2/c1-14(2)17(7)25(22(27)16(5)6)13-18-12-19(23-21(26)15(3)4)10-11-20(18)24(8)9/h10-12,14-17H,13H2,1-9H3,(H,23,26)/t17-/m0/s1. The molecule has 1 N–H and O–H groups in total. The third-order valence-electron chi connectivity index (χ3n) is 4.93. The van der Waals surface area contributed by atoms with Crippen LogP contribution in [0.4, 0.5) is 11.4 Å². The van der Waals surface area contributed by atoms with E-state index in [1.54, 1.807) is 0 Å². The lowest BCUT2D eigenvalue weighted by Gasteiger charge is -2.34. The van der Waals surface area contributed by atoms with Crippen LogP contribution in [-0.2, 0) is 16.1 Å². The summed E-state index contributed by atoms with van der Waals surface area (Å²) in [5.41, 5.74) is 2.85. The van der Waals surface area contributed by atoms with Gasteiger partial charge in [0.1, 0.15) is 0 Å². The summed E-state index contributed by atoms with van der Waals surface area (Å²) in [6, 6.07) is 6.04. The Balaban J connectivity index is 3.28. The highest BCUT2D eigenvalue weighted by molar-refractivity contribution is 5.92. The fourth-order valence-electron chi connectivity index (χ4n) is 2.81. The number of anilines is 2. The number of carbonyl (C=O) groups is 2. The minimum Gasteiger partial charge on any atom is -0.377 e. The number of nitrogens with one attached hydrogen (secondary N) is 1. The minimum absolute atomic E-state index is 0.00999. The average Bonchev–Trinajstić information content (AvgIpc) is 2.57. The molecule has 5 heteroatoms. The van der Waals surface area contributed by atoms with E-state index in [2.05, 4.69) is 26.1 Å². The van der Waals surface area contributed by atoms with Crippen molar-refractivity contribution in [2.24, 2.45) is 17.8 Å². The molecular formula is C22H37N3O2. The Morgan fingerprint density at radius 1 is 0.963 bits per heavy atom. The zero-order chi connectivity index (χ0) is 20.9. The maximum absolute atomic E-state index is 12.9. The van der Waals surface area contributed by atoms with Crippen molar-refractivity contribution in [2.75, 3.05) is 24.3 Å². The molecule has 0 aliphatic rings. The van der Waals surface area contributed by atoms with Gasteiger partial charge in [0, 0.05) is 49.9 Å². The second-order valence-corrected chi connectivity index (χ2v) is 8.49. The Morgan fingerprint density at radius 2 is 1.56 bits per heavy atom. The molecule has 0 aromatic heterocycles. The number of rotatable bonds is 8. The summed E-state index contributed by atoms with van der Waals surface area (Å²) in [6.07, 6.45) is 0. The fourth-order valence-corrected chi connectivity index (χ4v) is 2.81. The van der Waals surface area contributed by atoms with Crippen LogP contribution in [0.15, 0.2) is 18.2 Å². The minimum atomic E-state index is -0.0815. The molecule has 0 spiro atoms. The van der Waals surface area contributed by atoms with Gasteiger partial charge in [0.25, 0.3) is 0 Å². The zero-order valence-electron chi connectivity index (χ0n) is 18.5. The molecule has 0 bridgehead atoms. The van der Waals surface area contributed by atoms with E-state index in [-0.39, 0.29) is 29.7 Å². The predicted octanol–water partition coefficient (Wildman–Crippen LogP) is 4.38. The van der Waals surface area contributed by atoms with Crippen molar-refractivity contribution >= 4 is 23.2 Å². The highest BCUT2D eigenvalue weighted by Gasteiger charge is 2.26. The molecule has 1 aromatic carbocycles. The lowest BCUT2D eigenvalue weighted by molar-refractivity contribution is -0.138. The van der Waals surface area contributed by atoms with Crippen molar-refractivity contribution in [2.45, 2.75) is 61.1 Å². The van der Waals surface area contributed by atoms with Gasteiger partial charge in [0.15, 0.2) is 0 Å². The molecule has 1 aromatic rings. The number of nitrogens with zero attached hydrogens (tertiary/aromatic N) is 2. The van der Waals surface area contributed by atoms with Gasteiger partial charge < -0.3 is 15.1 Å². The van der Waals surface area contributed by atoms with Crippen molar-refractivity contribution in [1.82, 2.24) is 4.90 Å². The normalized spacial score (nSPS) is 12.4. The predicted molar refractivity (Wildman–Crippen MR) is 114 cm³/mol. The molecule has 2 amide bonds. The van der Waals surface area contributed by atoms with Crippen LogP contribution in [0.5, 0.6) is 0 Å². The van der Waals surface area contributed by atoms with Crippen molar-refractivity contribution in [1.29, 1.82) is 0 Å². The number of hydrogen-bond donors (Lipinski definition) is 1. The largest absolute Gasteiger partial charge is 0.377 e. The topological polar surface area (TPSA) is 52.7 Å². The summed E-state index contributed by atoms with van der Waals surface area (Å²) < 4.78 is 0. The Morgan fingerprint density at radius 3 is 2.00 bits per heavy atom. The highest BCUT2D eigenvalue weighted by atomic mass is 16.2. The van der Waals surface area contributed by atoms with Gasteiger partial charge in [-0.15, -0.1) is 0 Å². The Kier molecular flexibility index (Phi) is 8.32. The second kappa shape index (κ2) is 9.77. The first kappa shape index (κ1) is 23.0. The number of amides is 2. The summed E-state index contributed by atoms with van der Waals surface area (Å²) in [7, 11) is 3.98. The molecule has 1 atom stereocenters. The van der Waals surface area contributed by atoms with Crippen LogP contribution < -0.4 is 10.2 Å². The molecule has 5 nitrogen and oxygen atoms in total. The first-order valence-corrected chi connectivity index (χ1v) is 9.87. The van der Waals surface area contributed by atoms with Gasteiger partial charge in [0.05, 0.1) is 0 Å². The SMILES string of the molecule is CC(C)C(=O)Nc1ccc(N(C)C)c(CN(C(=O)C(C)C)[C@@H](C)C(C)C)c1. The monoisotopic (exact) mass is 375 g/mol. The van der Waals surface area contributed by atoms with Crippen molar-refractivity contribution < 1.29 is 9.59 Å². The van der Waals surface area contributed by atoms with Gasteiger partial charge in [-0.2, -0.15) is 0 Å². The van der Waals surface area contributed by atoms with Gasteiger partial charge in [-0.3, -0.25) is 9.59 Å².